The fourth-order valence-electron chi connectivity index (χ4n) is 1.89. The highest BCUT2D eigenvalue weighted by atomic mass is 16.1. The Labute approximate surface area is 130 Å². The van der Waals surface area contributed by atoms with Gasteiger partial charge in [-0.15, -0.1) is 0 Å². The van der Waals surface area contributed by atoms with E-state index in [9.17, 15) is 4.79 Å². The molecule has 0 aliphatic heterocycles. The third-order valence-electron chi connectivity index (χ3n) is 3.08. The molecule has 0 atom stereocenters. The van der Waals surface area contributed by atoms with Crippen LogP contribution in [0.3, 0.4) is 0 Å². The number of aldehydes is 1. The minimum Gasteiger partial charge on any atom is -0.299 e. The molecule has 0 aromatic carbocycles. The quantitative estimate of drug-likeness (QED) is 0.173. The van der Waals surface area contributed by atoms with Crippen molar-refractivity contribution in [1.82, 2.24) is 0 Å². The molecule has 0 bridgehead atoms. The molecule has 0 saturated heterocycles. The van der Waals surface area contributed by atoms with Gasteiger partial charge in [-0.25, -0.2) is 0 Å². The molecule has 21 heavy (non-hydrogen) atoms. The molecule has 0 radical (unpaired) electrons. The van der Waals surface area contributed by atoms with Crippen LogP contribution in [0.15, 0.2) is 60.8 Å². The third kappa shape index (κ3) is 18.4. The van der Waals surface area contributed by atoms with Crippen LogP contribution in [0.25, 0.3) is 0 Å². The monoisotopic (exact) mass is 286 g/mol. The van der Waals surface area contributed by atoms with E-state index in [0.29, 0.717) is 0 Å². The minimum absolute atomic E-state index is 0.768. The number of carbonyl (C=O) groups excluding carboxylic acids is 1. The summed E-state index contributed by atoms with van der Waals surface area (Å²) < 4.78 is 0. The van der Waals surface area contributed by atoms with Gasteiger partial charge in [-0.1, -0.05) is 100 Å². The maximum absolute atomic E-state index is 10.0. The Balaban J connectivity index is 3.44. The highest BCUT2D eigenvalue weighted by Crippen LogP contribution is 2.08. The lowest BCUT2D eigenvalue weighted by Gasteiger charge is -1.98. The second kappa shape index (κ2) is 18.4. The van der Waals surface area contributed by atoms with Crippen LogP contribution in [0.5, 0.6) is 0 Å². The molecule has 0 aliphatic rings. The van der Waals surface area contributed by atoms with Gasteiger partial charge in [0.1, 0.15) is 6.29 Å². The van der Waals surface area contributed by atoms with Gasteiger partial charge in [0.15, 0.2) is 0 Å². The van der Waals surface area contributed by atoms with Crippen molar-refractivity contribution in [2.75, 3.05) is 0 Å². The van der Waals surface area contributed by atoms with Gasteiger partial charge in [-0.3, -0.25) is 4.79 Å². The average Bonchev–Trinajstić information content (AvgIpc) is 2.50. The average molecular weight is 286 g/mol. The summed E-state index contributed by atoms with van der Waals surface area (Å²) in [6.45, 7) is 2.26. The zero-order valence-electron chi connectivity index (χ0n) is 13.4. The molecule has 0 aliphatic carbocycles. The summed E-state index contributed by atoms with van der Waals surface area (Å²) in [7, 11) is 0. The predicted molar refractivity (Wildman–Crippen MR) is 94.4 cm³/mol. The van der Waals surface area contributed by atoms with Crippen molar-refractivity contribution in [3.05, 3.63) is 60.8 Å². The highest BCUT2D eigenvalue weighted by Gasteiger charge is 1.88. The maximum atomic E-state index is 10.0. The molecule has 0 heterocycles. The first-order chi connectivity index (χ1) is 10.4. The van der Waals surface area contributed by atoms with Gasteiger partial charge in [0.25, 0.3) is 0 Å². The summed E-state index contributed by atoms with van der Waals surface area (Å²) in [5, 5.41) is 0. The summed E-state index contributed by atoms with van der Waals surface area (Å²) in [5.74, 6) is 0. The van der Waals surface area contributed by atoms with Gasteiger partial charge in [0.2, 0.25) is 0 Å². The van der Waals surface area contributed by atoms with Gasteiger partial charge < -0.3 is 0 Å². The van der Waals surface area contributed by atoms with E-state index in [1.807, 2.05) is 36.5 Å². The summed E-state index contributed by atoms with van der Waals surface area (Å²) in [6, 6.07) is 0. The van der Waals surface area contributed by atoms with E-state index in [0.717, 1.165) is 6.29 Å². The fourth-order valence-corrected chi connectivity index (χ4v) is 1.89. The number of allylic oxidation sites excluding steroid dienone is 10. The SMILES string of the molecule is CCCCCCCCC\C=C/C=C\C=C\C=C/C=C/C=O. The minimum atomic E-state index is 0.768. The topological polar surface area (TPSA) is 17.1 Å². The van der Waals surface area contributed by atoms with Crippen LogP contribution in [0.1, 0.15) is 58.3 Å². The molecule has 0 spiro atoms. The van der Waals surface area contributed by atoms with Gasteiger partial charge in [0.05, 0.1) is 0 Å². The van der Waals surface area contributed by atoms with Gasteiger partial charge in [0, 0.05) is 0 Å². The third-order valence-corrected chi connectivity index (χ3v) is 3.08. The van der Waals surface area contributed by atoms with Crippen molar-refractivity contribution < 1.29 is 4.79 Å². The van der Waals surface area contributed by atoms with Crippen LogP contribution in [0, 0.1) is 0 Å². The van der Waals surface area contributed by atoms with Crippen molar-refractivity contribution in [3.8, 4) is 0 Å². The Bertz CT molecular complexity index is 356. The molecule has 0 aromatic heterocycles. The van der Waals surface area contributed by atoms with E-state index >= 15 is 0 Å². The van der Waals surface area contributed by atoms with E-state index in [1.165, 1.54) is 57.4 Å². The Kier molecular flexibility index (Phi) is 16.9. The van der Waals surface area contributed by atoms with E-state index < -0.39 is 0 Å². The van der Waals surface area contributed by atoms with Crippen LogP contribution in [0.2, 0.25) is 0 Å². The lowest BCUT2D eigenvalue weighted by atomic mass is 10.1. The van der Waals surface area contributed by atoms with Crippen molar-refractivity contribution in [2.24, 2.45) is 0 Å². The summed E-state index contributed by atoms with van der Waals surface area (Å²) in [5.41, 5.74) is 0. The van der Waals surface area contributed by atoms with Gasteiger partial charge >= 0.3 is 0 Å². The molecule has 0 unspecified atom stereocenters. The lowest BCUT2D eigenvalue weighted by molar-refractivity contribution is -0.104. The summed E-state index contributed by atoms with van der Waals surface area (Å²) in [4.78, 5) is 10.0. The second-order valence-corrected chi connectivity index (χ2v) is 5.01. The Hall–Kier alpha value is -1.63. The van der Waals surface area contributed by atoms with Crippen LogP contribution in [-0.4, -0.2) is 6.29 Å². The number of hydrogen-bond acceptors (Lipinski definition) is 1. The van der Waals surface area contributed by atoms with E-state index in [2.05, 4.69) is 19.1 Å². The van der Waals surface area contributed by atoms with E-state index in [4.69, 9.17) is 0 Å². The summed E-state index contributed by atoms with van der Waals surface area (Å²) in [6.07, 6.45) is 30.7. The van der Waals surface area contributed by atoms with E-state index in [-0.39, 0.29) is 0 Å². The standard InChI is InChI=1S/C20H30O/c1-2-3-4-5-6-7-8-9-10-11-12-13-14-15-16-17-18-19-20-21/h10-20H,2-9H2,1H3/b11-10-,13-12-,15-14+,17-16-,19-18+. The fraction of sp³-hybridized carbons (Fsp3) is 0.450. The normalized spacial score (nSPS) is 12.8. The molecule has 0 fully saturated rings. The summed E-state index contributed by atoms with van der Waals surface area (Å²) >= 11 is 0. The van der Waals surface area contributed by atoms with Crippen LogP contribution < -0.4 is 0 Å². The molecular formula is C20H30O. The smallest absolute Gasteiger partial charge is 0.142 e. The molecule has 0 saturated carbocycles. The molecule has 1 heteroatoms. The van der Waals surface area contributed by atoms with Crippen molar-refractivity contribution in [1.29, 1.82) is 0 Å². The zero-order chi connectivity index (χ0) is 15.4. The molecule has 116 valence electrons. The molecule has 0 N–H and O–H groups in total. The van der Waals surface area contributed by atoms with Crippen molar-refractivity contribution in [2.45, 2.75) is 58.3 Å². The maximum Gasteiger partial charge on any atom is 0.142 e. The number of hydrogen-bond donors (Lipinski definition) is 0. The van der Waals surface area contributed by atoms with Crippen LogP contribution in [0.4, 0.5) is 0 Å². The van der Waals surface area contributed by atoms with Gasteiger partial charge in [-0.2, -0.15) is 0 Å². The molecular weight excluding hydrogens is 256 g/mol. The number of rotatable bonds is 13. The first-order valence-electron chi connectivity index (χ1n) is 8.18. The molecule has 0 rings (SSSR count). The highest BCUT2D eigenvalue weighted by molar-refractivity contribution is 5.65. The Morgan fingerprint density at radius 2 is 1.05 bits per heavy atom. The van der Waals surface area contributed by atoms with Crippen LogP contribution in [-0.2, 0) is 4.79 Å². The van der Waals surface area contributed by atoms with E-state index in [1.54, 1.807) is 6.08 Å². The van der Waals surface area contributed by atoms with Gasteiger partial charge in [-0.05, 0) is 18.9 Å². The first-order valence-corrected chi connectivity index (χ1v) is 8.18. The molecule has 1 nitrogen and oxygen atoms in total. The molecule has 0 amide bonds. The predicted octanol–water partition coefficient (Wildman–Crippen LogP) is 6.11. The largest absolute Gasteiger partial charge is 0.299 e. The second-order valence-electron chi connectivity index (χ2n) is 5.01. The lowest BCUT2D eigenvalue weighted by Crippen LogP contribution is -1.78. The number of unbranched alkanes of at least 4 members (excludes halogenated alkanes) is 7. The molecule has 0 aromatic rings. The number of carbonyl (C=O) groups is 1. The van der Waals surface area contributed by atoms with Crippen molar-refractivity contribution in [3.63, 3.8) is 0 Å². The van der Waals surface area contributed by atoms with Crippen molar-refractivity contribution >= 4 is 6.29 Å². The Morgan fingerprint density at radius 1 is 0.571 bits per heavy atom. The van der Waals surface area contributed by atoms with Crippen LogP contribution >= 0.6 is 0 Å². The zero-order valence-corrected chi connectivity index (χ0v) is 13.4. The first kappa shape index (κ1) is 19.4. The Morgan fingerprint density at radius 3 is 1.62 bits per heavy atom.